The van der Waals surface area contributed by atoms with Crippen LogP contribution in [0.25, 0.3) is 0 Å². The van der Waals surface area contributed by atoms with Crippen molar-refractivity contribution in [3.63, 3.8) is 0 Å². The number of halogens is 1. The Labute approximate surface area is 130 Å². The van der Waals surface area contributed by atoms with E-state index in [1.165, 1.54) is 4.90 Å². The maximum Gasteiger partial charge on any atom is 0.252 e. The van der Waals surface area contributed by atoms with Crippen LogP contribution in [0.1, 0.15) is 15.9 Å². The van der Waals surface area contributed by atoms with Gasteiger partial charge in [0.1, 0.15) is 0 Å². The molecule has 0 atom stereocenters. The van der Waals surface area contributed by atoms with Gasteiger partial charge in [0.2, 0.25) is 5.91 Å². The van der Waals surface area contributed by atoms with Gasteiger partial charge in [-0.2, -0.15) is 5.10 Å². The van der Waals surface area contributed by atoms with Gasteiger partial charge in [0.15, 0.2) is 0 Å². The van der Waals surface area contributed by atoms with Gasteiger partial charge >= 0.3 is 0 Å². The van der Waals surface area contributed by atoms with E-state index in [-0.39, 0.29) is 18.4 Å². The lowest BCUT2D eigenvalue weighted by molar-refractivity contribution is -0.129. The molecule has 110 valence electrons. The van der Waals surface area contributed by atoms with Gasteiger partial charge in [-0.1, -0.05) is 12.1 Å². The summed E-state index contributed by atoms with van der Waals surface area (Å²) in [5.41, 5.74) is 1.41. The molecule has 1 aromatic heterocycles. The van der Waals surface area contributed by atoms with E-state index in [4.69, 9.17) is 0 Å². The number of nitrogens with one attached hydrogen (secondary N) is 2. The fourth-order valence-corrected chi connectivity index (χ4v) is 2.22. The lowest BCUT2D eigenvalue weighted by Crippen LogP contribution is -2.37. The second-order valence-electron chi connectivity index (χ2n) is 4.52. The molecule has 21 heavy (non-hydrogen) atoms. The molecule has 1 heterocycles. The number of H-pyrrole nitrogens is 1. The number of amides is 2. The number of benzene rings is 1. The van der Waals surface area contributed by atoms with E-state index in [2.05, 4.69) is 31.4 Å². The number of nitrogens with zero attached hydrogens (tertiary/aromatic N) is 2. The van der Waals surface area contributed by atoms with Crippen molar-refractivity contribution in [2.75, 3.05) is 13.6 Å². The van der Waals surface area contributed by atoms with Gasteiger partial charge in [-0.05, 0) is 28.1 Å². The number of aromatic nitrogens is 2. The molecule has 0 bridgehead atoms. The van der Waals surface area contributed by atoms with E-state index in [1.54, 1.807) is 37.6 Å². The van der Waals surface area contributed by atoms with E-state index < -0.39 is 0 Å². The number of carbonyl (C=O) groups excluding carboxylic acids is 2. The standard InChI is InChI=1S/C14H15BrN4O2/c1-19(9-10-6-17-18-7-10)13(20)8-16-14(21)11-4-2-3-5-12(11)15/h2-7H,8-9H2,1H3,(H,16,21)(H,17,18). The van der Waals surface area contributed by atoms with E-state index >= 15 is 0 Å². The average molecular weight is 351 g/mol. The van der Waals surface area contributed by atoms with Crippen LogP contribution in [0.2, 0.25) is 0 Å². The minimum Gasteiger partial charge on any atom is -0.343 e. The molecule has 2 rings (SSSR count). The number of hydrogen-bond donors (Lipinski definition) is 2. The first-order valence-electron chi connectivity index (χ1n) is 6.32. The molecule has 0 fully saturated rings. The second-order valence-corrected chi connectivity index (χ2v) is 5.37. The molecule has 0 saturated carbocycles. The topological polar surface area (TPSA) is 78.1 Å². The number of aromatic amines is 1. The van der Waals surface area contributed by atoms with E-state index in [0.717, 1.165) is 5.56 Å². The van der Waals surface area contributed by atoms with Gasteiger partial charge in [0.05, 0.1) is 18.3 Å². The van der Waals surface area contributed by atoms with Gasteiger partial charge in [-0.3, -0.25) is 14.7 Å². The SMILES string of the molecule is CN(Cc1cn[nH]c1)C(=O)CNC(=O)c1ccccc1Br. The first-order valence-corrected chi connectivity index (χ1v) is 7.11. The summed E-state index contributed by atoms with van der Waals surface area (Å²) in [5.74, 6) is -0.455. The zero-order valence-corrected chi connectivity index (χ0v) is 13.1. The predicted octanol–water partition coefficient (Wildman–Crippen LogP) is 1.56. The number of likely N-dealkylation sites (N-methyl/N-ethyl adjacent to an activating group) is 1. The second kappa shape index (κ2) is 7.03. The van der Waals surface area contributed by atoms with Crippen LogP contribution < -0.4 is 5.32 Å². The van der Waals surface area contributed by atoms with Crippen molar-refractivity contribution in [2.45, 2.75) is 6.54 Å². The van der Waals surface area contributed by atoms with Crippen molar-refractivity contribution in [2.24, 2.45) is 0 Å². The fraction of sp³-hybridized carbons (Fsp3) is 0.214. The first-order chi connectivity index (χ1) is 10.1. The van der Waals surface area contributed by atoms with E-state index in [1.807, 2.05) is 6.07 Å². The van der Waals surface area contributed by atoms with Crippen LogP contribution in [0, 0.1) is 0 Å². The maximum atomic E-state index is 12.0. The molecular formula is C14H15BrN4O2. The number of hydrogen-bond acceptors (Lipinski definition) is 3. The third kappa shape index (κ3) is 4.16. The van der Waals surface area contributed by atoms with Crippen molar-refractivity contribution in [1.29, 1.82) is 0 Å². The third-order valence-electron chi connectivity index (χ3n) is 2.92. The number of rotatable bonds is 5. The van der Waals surface area contributed by atoms with Crippen LogP contribution in [-0.2, 0) is 11.3 Å². The molecule has 1 aromatic carbocycles. The zero-order chi connectivity index (χ0) is 15.2. The molecule has 0 unspecified atom stereocenters. The molecule has 0 aliphatic rings. The quantitative estimate of drug-likeness (QED) is 0.858. The van der Waals surface area contributed by atoms with Crippen molar-refractivity contribution in [3.8, 4) is 0 Å². The summed E-state index contributed by atoms with van der Waals surface area (Å²) in [6.45, 7) is 0.398. The van der Waals surface area contributed by atoms with E-state index in [0.29, 0.717) is 16.6 Å². The Morgan fingerprint density at radius 2 is 2.14 bits per heavy atom. The minimum atomic E-state index is -0.285. The summed E-state index contributed by atoms with van der Waals surface area (Å²) >= 11 is 3.31. The predicted molar refractivity (Wildman–Crippen MR) is 81.5 cm³/mol. The third-order valence-corrected chi connectivity index (χ3v) is 3.61. The molecule has 2 aromatic rings. The van der Waals surface area contributed by atoms with Crippen molar-refractivity contribution >= 4 is 27.7 Å². The van der Waals surface area contributed by atoms with Gasteiger partial charge in [-0.25, -0.2) is 0 Å². The molecule has 0 saturated heterocycles. The Hall–Kier alpha value is -2.15. The lowest BCUT2D eigenvalue weighted by Gasteiger charge is -2.16. The first kappa shape index (κ1) is 15.2. The largest absolute Gasteiger partial charge is 0.343 e. The Kier molecular flexibility index (Phi) is 5.10. The van der Waals surface area contributed by atoms with Gasteiger partial charge < -0.3 is 10.2 Å². The summed E-state index contributed by atoms with van der Waals surface area (Å²) < 4.78 is 0.696. The fourth-order valence-electron chi connectivity index (χ4n) is 1.76. The van der Waals surface area contributed by atoms with Crippen LogP contribution in [0.5, 0.6) is 0 Å². The normalized spacial score (nSPS) is 10.2. The van der Waals surface area contributed by atoms with Crippen LogP contribution >= 0.6 is 15.9 Å². The Bertz CT molecular complexity index is 628. The number of carbonyl (C=O) groups is 2. The highest BCUT2D eigenvalue weighted by molar-refractivity contribution is 9.10. The Morgan fingerprint density at radius 3 is 2.81 bits per heavy atom. The van der Waals surface area contributed by atoms with Crippen molar-refractivity contribution < 1.29 is 9.59 Å². The molecule has 7 heteroatoms. The lowest BCUT2D eigenvalue weighted by atomic mass is 10.2. The van der Waals surface area contributed by atoms with Crippen molar-refractivity contribution in [3.05, 3.63) is 52.3 Å². The zero-order valence-electron chi connectivity index (χ0n) is 11.5. The molecular weight excluding hydrogens is 336 g/mol. The highest BCUT2D eigenvalue weighted by Gasteiger charge is 2.13. The van der Waals surface area contributed by atoms with Crippen LogP contribution in [0.3, 0.4) is 0 Å². The monoisotopic (exact) mass is 350 g/mol. The highest BCUT2D eigenvalue weighted by Crippen LogP contribution is 2.15. The molecule has 2 amide bonds. The van der Waals surface area contributed by atoms with Crippen molar-refractivity contribution in [1.82, 2.24) is 20.4 Å². The molecule has 2 N–H and O–H groups in total. The molecule has 0 aliphatic heterocycles. The summed E-state index contributed by atoms with van der Waals surface area (Å²) in [7, 11) is 1.68. The van der Waals surface area contributed by atoms with Gasteiger partial charge in [-0.15, -0.1) is 0 Å². The summed E-state index contributed by atoms with van der Waals surface area (Å²) in [5, 5.41) is 9.13. The Morgan fingerprint density at radius 1 is 1.38 bits per heavy atom. The van der Waals surface area contributed by atoms with Gasteiger partial charge in [0.25, 0.3) is 5.91 Å². The van der Waals surface area contributed by atoms with Crippen LogP contribution in [-0.4, -0.2) is 40.5 Å². The molecule has 0 aliphatic carbocycles. The van der Waals surface area contributed by atoms with Crippen LogP contribution in [0.15, 0.2) is 41.1 Å². The van der Waals surface area contributed by atoms with E-state index in [9.17, 15) is 9.59 Å². The van der Waals surface area contributed by atoms with Gasteiger partial charge in [0, 0.05) is 29.8 Å². The highest BCUT2D eigenvalue weighted by atomic mass is 79.9. The molecule has 0 spiro atoms. The smallest absolute Gasteiger partial charge is 0.252 e. The van der Waals surface area contributed by atoms with Crippen LogP contribution in [0.4, 0.5) is 0 Å². The molecule has 0 radical (unpaired) electrons. The average Bonchev–Trinajstić information content (AvgIpc) is 2.97. The summed E-state index contributed by atoms with van der Waals surface area (Å²) in [4.78, 5) is 25.5. The summed E-state index contributed by atoms with van der Waals surface area (Å²) in [6, 6.07) is 7.07. The maximum absolute atomic E-state index is 12.0. The Balaban J connectivity index is 1.86. The summed E-state index contributed by atoms with van der Waals surface area (Å²) in [6.07, 6.45) is 3.38. The minimum absolute atomic E-state index is 0.0471. The molecule has 6 nitrogen and oxygen atoms in total.